The molecule has 0 spiro atoms. The van der Waals surface area contributed by atoms with Crippen molar-refractivity contribution in [3.8, 4) is 11.5 Å². The second-order valence-electron chi connectivity index (χ2n) is 6.84. The van der Waals surface area contributed by atoms with E-state index < -0.39 is 0 Å². The third kappa shape index (κ3) is 5.06. The van der Waals surface area contributed by atoms with Gasteiger partial charge in [-0.2, -0.15) is 0 Å². The van der Waals surface area contributed by atoms with Gasteiger partial charge in [0.25, 0.3) is 0 Å². The zero-order valence-corrected chi connectivity index (χ0v) is 17.3. The Kier molecular flexibility index (Phi) is 6.96. The molecule has 0 aliphatic rings. The molecule has 0 radical (unpaired) electrons. The molecule has 0 heterocycles. The predicted octanol–water partition coefficient (Wildman–Crippen LogP) is 6.09. The number of nitrogens with one attached hydrogen (secondary N) is 1. The lowest BCUT2D eigenvalue weighted by Crippen LogP contribution is -2.18. The van der Waals surface area contributed by atoms with Gasteiger partial charge in [-0.05, 0) is 48.2 Å². The Hall–Kier alpha value is -2.49. The summed E-state index contributed by atoms with van der Waals surface area (Å²) in [5, 5.41) is 4.08. The first-order chi connectivity index (χ1) is 13.6. The first kappa shape index (κ1) is 20.2. The van der Waals surface area contributed by atoms with Crippen molar-refractivity contribution in [2.45, 2.75) is 33.0 Å². The van der Waals surface area contributed by atoms with Crippen molar-refractivity contribution in [2.75, 3.05) is 7.11 Å². The highest BCUT2D eigenvalue weighted by molar-refractivity contribution is 6.32. The average Bonchev–Trinajstić information content (AvgIpc) is 2.72. The summed E-state index contributed by atoms with van der Waals surface area (Å²) in [4.78, 5) is 0. The minimum absolute atomic E-state index is 0.239. The number of halogens is 1. The van der Waals surface area contributed by atoms with E-state index in [9.17, 15) is 0 Å². The summed E-state index contributed by atoms with van der Waals surface area (Å²) in [5.41, 5.74) is 4.61. The summed E-state index contributed by atoms with van der Waals surface area (Å²) >= 11 is 6.52. The molecule has 1 N–H and O–H groups in total. The maximum Gasteiger partial charge on any atom is 0.180 e. The zero-order valence-electron chi connectivity index (χ0n) is 16.5. The number of hydrogen-bond donors (Lipinski definition) is 1. The van der Waals surface area contributed by atoms with Crippen LogP contribution in [0, 0.1) is 6.92 Å². The van der Waals surface area contributed by atoms with E-state index in [-0.39, 0.29) is 6.04 Å². The van der Waals surface area contributed by atoms with E-state index in [1.54, 1.807) is 7.11 Å². The summed E-state index contributed by atoms with van der Waals surface area (Å²) in [6.45, 7) is 5.35. The van der Waals surface area contributed by atoms with Crippen molar-refractivity contribution in [3.63, 3.8) is 0 Å². The summed E-state index contributed by atoms with van der Waals surface area (Å²) in [6, 6.07) is 22.7. The van der Waals surface area contributed by atoms with Gasteiger partial charge in [0.1, 0.15) is 6.61 Å². The van der Waals surface area contributed by atoms with E-state index in [0.29, 0.717) is 29.7 Å². The van der Waals surface area contributed by atoms with E-state index in [2.05, 4.69) is 43.4 Å². The molecule has 0 unspecified atom stereocenters. The molecule has 0 fully saturated rings. The molecule has 146 valence electrons. The third-order valence-corrected chi connectivity index (χ3v) is 5.12. The molecular weight excluding hydrogens is 370 g/mol. The Morgan fingerprint density at radius 2 is 1.71 bits per heavy atom. The van der Waals surface area contributed by atoms with Gasteiger partial charge in [0.15, 0.2) is 11.5 Å². The molecule has 0 saturated heterocycles. The second-order valence-corrected chi connectivity index (χ2v) is 7.24. The first-order valence-electron chi connectivity index (χ1n) is 9.40. The van der Waals surface area contributed by atoms with Crippen LogP contribution < -0.4 is 14.8 Å². The molecule has 0 bridgehead atoms. The van der Waals surface area contributed by atoms with Crippen LogP contribution in [0.15, 0.2) is 66.7 Å². The highest BCUT2D eigenvalue weighted by Gasteiger charge is 2.14. The van der Waals surface area contributed by atoms with Crippen molar-refractivity contribution in [2.24, 2.45) is 0 Å². The Balaban J connectivity index is 1.69. The Bertz CT molecular complexity index is 912. The van der Waals surface area contributed by atoms with Crippen LogP contribution in [0.1, 0.15) is 35.2 Å². The van der Waals surface area contributed by atoms with Crippen molar-refractivity contribution < 1.29 is 9.47 Å². The lowest BCUT2D eigenvalue weighted by Gasteiger charge is -2.17. The smallest absolute Gasteiger partial charge is 0.180 e. The summed E-state index contributed by atoms with van der Waals surface area (Å²) < 4.78 is 11.5. The van der Waals surface area contributed by atoms with Gasteiger partial charge < -0.3 is 14.8 Å². The molecule has 4 heteroatoms. The highest BCUT2D eigenvalue weighted by atomic mass is 35.5. The van der Waals surface area contributed by atoms with Gasteiger partial charge in [-0.25, -0.2) is 0 Å². The molecular formula is C24H26ClNO2. The van der Waals surface area contributed by atoms with E-state index in [4.69, 9.17) is 21.1 Å². The van der Waals surface area contributed by atoms with Gasteiger partial charge in [0, 0.05) is 12.6 Å². The fraction of sp³-hybridized carbons (Fsp3) is 0.250. The van der Waals surface area contributed by atoms with Crippen molar-refractivity contribution >= 4 is 11.6 Å². The van der Waals surface area contributed by atoms with E-state index in [1.165, 1.54) is 11.1 Å². The Labute approximate surface area is 172 Å². The molecule has 1 atom stereocenters. The SMILES string of the molecule is COc1cc(CN[C@@H](C)c2ccccc2)cc(Cl)c1OCc1ccccc1C. The van der Waals surface area contributed by atoms with Crippen LogP contribution in [-0.4, -0.2) is 7.11 Å². The summed E-state index contributed by atoms with van der Waals surface area (Å²) in [5.74, 6) is 1.22. The van der Waals surface area contributed by atoms with Gasteiger partial charge in [-0.3, -0.25) is 0 Å². The molecule has 3 aromatic rings. The fourth-order valence-corrected chi connectivity index (χ4v) is 3.36. The van der Waals surface area contributed by atoms with Gasteiger partial charge >= 0.3 is 0 Å². The van der Waals surface area contributed by atoms with Crippen LogP contribution in [0.2, 0.25) is 5.02 Å². The lowest BCUT2D eigenvalue weighted by atomic mass is 10.1. The molecule has 3 rings (SSSR count). The topological polar surface area (TPSA) is 30.5 Å². The van der Waals surface area contributed by atoms with Crippen LogP contribution in [-0.2, 0) is 13.2 Å². The quantitative estimate of drug-likeness (QED) is 0.500. The second kappa shape index (κ2) is 9.63. The van der Waals surface area contributed by atoms with Crippen molar-refractivity contribution in [1.82, 2.24) is 5.32 Å². The van der Waals surface area contributed by atoms with Gasteiger partial charge in [-0.1, -0.05) is 66.2 Å². The molecule has 0 saturated carbocycles. The molecule has 0 aliphatic heterocycles. The minimum Gasteiger partial charge on any atom is -0.493 e. The minimum atomic E-state index is 0.239. The monoisotopic (exact) mass is 395 g/mol. The van der Waals surface area contributed by atoms with Gasteiger partial charge in [0.2, 0.25) is 0 Å². The lowest BCUT2D eigenvalue weighted by molar-refractivity contribution is 0.284. The van der Waals surface area contributed by atoms with E-state index >= 15 is 0 Å². The largest absolute Gasteiger partial charge is 0.493 e. The normalized spacial score (nSPS) is 11.9. The molecule has 0 aromatic heterocycles. The third-order valence-electron chi connectivity index (χ3n) is 4.83. The van der Waals surface area contributed by atoms with Crippen LogP contribution in [0.3, 0.4) is 0 Å². The standard InChI is InChI=1S/C24H26ClNO2/c1-17-9-7-8-12-21(17)16-28-24-22(25)13-19(14-23(24)27-3)15-26-18(2)20-10-5-4-6-11-20/h4-14,18,26H,15-16H2,1-3H3/t18-/m0/s1. The van der Waals surface area contributed by atoms with Gasteiger partial charge in [0.05, 0.1) is 12.1 Å². The Morgan fingerprint density at radius 1 is 1.00 bits per heavy atom. The number of aryl methyl sites for hydroxylation is 1. The zero-order chi connectivity index (χ0) is 19.9. The molecule has 0 aliphatic carbocycles. The van der Waals surface area contributed by atoms with Crippen LogP contribution >= 0.6 is 11.6 Å². The first-order valence-corrected chi connectivity index (χ1v) is 9.78. The average molecular weight is 396 g/mol. The summed E-state index contributed by atoms with van der Waals surface area (Å²) in [7, 11) is 1.64. The number of rotatable bonds is 8. The molecule has 0 amide bonds. The highest BCUT2D eigenvalue weighted by Crippen LogP contribution is 2.37. The molecule has 3 aromatic carbocycles. The van der Waals surface area contributed by atoms with Crippen molar-refractivity contribution in [1.29, 1.82) is 0 Å². The summed E-state index contributed by atoms with van der Waals surface area (Å²) in [6.07, 6.45) is 0. The van der Waals surface area contributed by atoms with Crippen molar-refractivity contribution in [3.05, 3.63) is 94.0 Å². The van der Waals surface area contributed by atoms with Crippen LogP contribution in [0.5, 0.6) is 11.5 Å². The molecule has 3 nitrogen and oxygen atoms in total. The number of hydrogen-bond acceptors (Lipinski definition) is 3. The maximum atomic E-state index is 6.52. The van der Waals surface area contributed by atoms with E-state index in [0.717, 1.165) is 11.1 Å². The number of benzene rings is 3. The Morgan fingerprint density at radius 3 is 2.43 bits per heavy atom. The molecule has 28 heavy (non-hydrogen) atoms. The fourth-order valence-electron chi connectivity index (χ4n) is 3.07. The maximum absolute atomic E-state index is 6.52. The van der Waals surface area contributed by atoms with E-state index in [1.807, 2.05) is 42.5 Å². The van der Waals surface area contributed by atoms with Crippen LogP contribution in [0.4, 0.5) is 0 Å². The van der Waals surface area contributed by atoms with Gasteiger partial charge in [-0.15, -0.1) is 0 Å². The number of ether oxygens (including phenoxy) is 2. The predicted molar refractivity (Wildman–Crippen MR) is 115 cm³/mol. The number of methoxy groups -OCH3 is 1. The van der Waals surface area contributed by atoms with Crippen LogP contribution in [0.25, 0.3) is 0 Å².